The van der Waals surface area contributed by atoms with Gasteiger partial charge in [0.05, 0.1) is 12.7 Å². The van der Waals surface area contributed by atoms with E-state index in [0.29, 0.717) is 43.4 Å². The molecule has 0 radical (unpaired) electrons. The maximum atomic E-state index is 13.6. The monoisotopic (exact) mass is 472 g/mol. The molecule has 1 amide bonds. The number of carbonyl (C=O) groups excluding carboxylic acids is 1. The van der Waals surface area contributed by atoms with Gasteiger partial charge in [0, 0.05) is 38.1 Å². The smallest absolute Gasteiger partial charge is 0.223 e. The molecule has 2 aliphatic heterocycles. The summed E-state index contributed by atoms with van der Waals surface area (Å²) in [7, 11) is 0. The second-order valence-electron chi connectivity index (χ2n) is 12.6. The lowest BCUT2D eigenvalue weighted by Gasteiger charge is -2.40. The maximum Gasteiger partial charge on any atom is 0.223 e. The zero-order valence-corrected chi connectivity index (χ0v) is 22.3. The number of amides is 1. The molecule has 0 bridgehead atoms. The van der Waals surface area contributed by atoms with Gasteiger partial charge in [-0.05, 0) is 61.6 Å². The summed E-state index contributed by atoms with van der Waals surface area (Å²) in [5, 5.41) is 11.1. The third-order valence-corrected chi connectivity index (χ3v) is 7.79. The number of benzene rings is 1. The Morgan fingerprint density at radius 2 is 1.82 bits per heavy atom. The quantitative estimate of drug-likeness (QED) is 0.672. The molecule has 5 nitrogen and oxygen atoms in total. The molecule has 34 heavy (non-hydrogen) atoms. The standard InChI is InChI=1S/C29H48N2O3/c1-28(2,3)14-16-30-15-13-24-18-27(33)31(19-23-10-7-6-8-11-23)21-26(32)29(4,5)22-34-17-9-12-25(24)20-30/h6-8,10-11,24-26,32H,9,12-22H2,1-5H3/t24-,25-,26-/m0/s1. The number of hydrogen-bond donors (Lipinski definition) is 1. The number of β-amino-alcohol motifs (C(OH)–C–C–N with tert-alkyl or cyclic N) is 1. The van der Waals surface area contributed by atoms with E-state index in [1.54, 1.807) is 0 Å². The maximum absolute atomic E-state index is 13.6. The summed E-state index contributed by atoms with van der Waals surface area (Å²) in [6.07, 6.45) is 4.35. The van der Waals surface area contributed by atoms with E-state index in [-0.39, 0.29) is 5.91 Å². The first-order valence-electron chi connectivity index (χ1n) is 13.3. The zero-order valence-electron chi connectivity index (χ0n) is 22.3. The minimum absolute atomic E-state index is 0.178. The fourth-order valence-electron chi connectivity index (χ4n) is 5.20. The van der Waals surface area contributed by atoms with Crippen molar-refractivity contribution in [3.8, 4) is 0 Å². The molecular formula is C29H48N2O3. The highest BCUT2D eigenvalue weighted by Crippen LogP contribution is 2.33. The van der Waals surface area contributed by atoms with Crippen molar-refractivity contribution in [2.24, 2.45) is 22.7 Å². The highest BCUT2D eigenvalue weighted by molar-refractivity contribution is 5.76. The molecule has 3 atom stereocenters. The SMILES string of the molecule is CC(C)(C)CCN1CC[C@H]2CC(=O)N(Cc3ccccc3)C[C@H](O)C(C)(C)COCCC[C@H]2C1. The normalized spacial score (nSPS) is 27.9. The lowest BCUT2D eigenvalue weighted by atomic mass is 9.79. The van der Waals surface area contributed by atoms with Crippen molar-refractivity contribution in [3.05, 3.63) is 35.9 Å². The fourth-order valence-corrected chi connectivity index (χ4v) is 5.20. The van der Waals surface area contributed by atoms with Crippen LogP contribution in [-0.4, -0.2) is 66.3 Å². The van der Waals surface area contributed by atoms with Gasteiger partial charge in [-0.1, -0.05) is 65.0 Å². The van der Waals surface area contributed by atoms with Crippen molar-refractivity contribution in [1.82, 2.24) is 9.80 Å². The van der Waals surface area contributed by atoms with Crippen LogP contribution in [0.2, 0.25) is 0 Å². The number of carbonyl (C=O) groups is 1. The van der Waals surface area contributed by atoms with Crippen LogP contribution in [0.25, 0.3) is 0 Å². The second kappa shape index (κ2) is 12.0. The average Bonchev–Trinajstić information content (AvgIpc) is 2.78. The van der Waals surface area contributed by atoms with E-state index in [0.717, 1.165) is 51.1 Å². The second-order valence-corrected chi connectivity index (χ2v) is 12.6. The molecule has 2 heterocycles. The van der Waals surface area contributed by atoms with Gasteiger partial charge in [-0.25, -0.2) is 0 Å². The summed E-state index contributed by atoms with van der Waals surface area (Å²) in [4.78, 5) is 18.1. The molecule has 192 valence electrons. The van der Waals surface area contributed by atoms with Gasteiger partial charge in [-0.15, -0.1) is 0 Å². The lowest BCUT2D eigenvalue weighted by Crippen LogP contribution is -2.46. The number of piperidine rings is 1. The van der Waals surface area contributed by atoms with E-state index in [4.69, 9.17) is 4.74 Å². The fraction of sp³-hybridized carbons (Fsp3) is 0.759. The Kier molecular flexibility index (Phi) is 9.59. The van der Waals surface area contributed by atoms with Crippen molar-refractivity contribution in [2.45, 2.75) is 79.4 Å². The number of ether oxygens (including phenoxy) is 1. The molecule has 1 aromatic rings. The minimum Gasteiger partial charge on any atom is -0.391 e. The molecular weight excluding hydrogens is 424 g/mol. The number of rotatable bonds is 4. The first-order valence-corrected chi connectivity index (χ1v) is 13.3. The third kappa shape index (κ3) is 8.35. The van der Waals surface area contributed by atoms with Gasteiger partial charge in [0.2, 0.25) is 5.91 Å². The molecule has 3 rings (SSSR count). The van der Waals surface area contributed by atoms with Gasteiger partial charge in [-0.2, -0.15) is 0 Å². The van der Waals surface area contributed by atoms with Gasteiger partial charge < -0.3 is 19.6 Å². The number of nitrogens with zero attached hydrogens (tertiary/aromatic N) is 2. The van der Waals surface area contributed by atoms with Crippen LogP contribution in [0.4, 0.5) is 0 Å². The first kappa shape index (κ1) is 27.2. The molecule has 0 spiro atoms. The first-order chi connectivity index (χ1) is 16.0. The van der Waals surface area contributed by atoms with Crippen molar-refractivity contribution in [3.63, 3.8) is 0 Å². The Bertz CT molecular complexity index is 758. The predicted octanol–water partition coefficient (Wildman–Crippen LogP) is 4.98. The van der Waals surface area contributed by atoms with Crippen molar-refractivity contribution >= 4 is 5.91 Å². The zero-order chi connectivity index (χ0) is 24.8. The van der Waals surface area contributed by atoms with Gasteiger partial charge in [-0.3, -0.25) is 4.79 Å². The van der Waals surface area contributed by atoms with Gasteiger partial charge >= 0.3 is 0 Å². The number of likely N-dealkylation sites (tertiary alicyclic amines) is 1. The van der Waals surface area contributed by atoms with E-state index in [9.17, 15) is 9.90 Å². The molecule has 0 aromatic heterocycles. The lowest BCUT2D eigenvalue weighted by molar-refractivity contribution is -0.137. The van der Waals surface area contributed by atoms with E-state index in [1.807, 2.05) is 36.9 Å². The highest BCUT2D eigenvalue weighted by atomic mass is 16.5. The van der Waals surface area contributed by atoms with Crippen LogP contribution in [0.3, 0.4) is 0 Å². The number of fused-ring (bicyclic) bond motifs is 1. The molecule has 5 heteroatoms. The Hall–Kier alpha value is -1.43. The van der Waals surface area contributed by atoms with E-state index < -0.39 is 11.5 Å². The van der Waals surface area contributed by atoms with Crippen LogP contribution in [0.15, 0.2) is 30.3 Å². The molecule has 1 aromatic carbocycles. The number of aliphatic hydroxyl groups is 1. The van der Waals surface area contributed by atoms with Crippen LogP contribution in [0.1, 0.15) is 72.3 Å². The summed E-state index contributed by atoms with van der Waals surface area (Å²) in [5.74, 6) is 1.11. The summed E-state index contributed by atoms with van der Waals surface area (Å²) in [6.45, 7) is 16.4. The topological polar surface area (TPSA) is 53.0 Å². The van der Waals surface area contributed by atoms with Crippen LogP contribution < -0.4 is 0 Å². The van der Waals surface area contributed by atoms with Crippen molar-refractivity contribution in [2.75, 3.05) is 39.4 Å². The van der Waals surface area contributed by atoms with E-state index in [1.165, 1.54) is 6.42 Å². The van der Waals surface area contributed by atoms with Gasteiger partial charge in [0.1, 0.15) is 0 Å². The molecule has 1 N–H and O–H groups in total. The minimum atomic E-state index is -0.629. The summed E-state index contributed by atoms with van der Waals surface area (Å²) in [6, 6.07) is 10.1. The molecule has 2 fully saturated rings. The molecule has 2 saturated heterocycles. The number of hydrogen-bond acceptors (Lipinski definition) is 4. The summed E-state index contributed by atoms with van der Waals surface area (Å²) < 4.78 is 6.03. The van der Waals surface area contributed by atoms with Crippen LogP contribution in [0, 0.1) is 22.7 Å². The Morgan fingerprint density at radius 3 is 2.53 bits per heavy atom. The van der Waals surface area contributed by atoms with Crippen molar-refractivity contribution in [1.29, 1.82) is 0 Å². The number of aliphatic hydroxyl groups excluding tert-OH is 1. The third-order valence-electron chi connectivity index (χ3n) is 7.79. The van der Waals surface area contributed by atoms with E-state index in [2.05, 4.69) is 37.8 Å². The predicted molar refractivity (Wildman–Crippen MR) is 138 cm³/mol. The van der Waals surface area contributed by atoms with Gasteiger partial charge in [0.15, 0.2) is 0 Å². The summed E-state index contributed by atoms with van der Waals surface area (Å²) in [5.41, 5.74) is 1.05. The average molecular weight is 473 g/mol. The molecule has 2 aliphatic rings. The Morgan fingerprint density at radius 1 is 1.09 bits per heavy atom. The van der Waals surface area contributed by atoms with Crippen LogP contribution >= 0.6 is 0 Å². The Balaban J connectivity index is 1.75. The van der Waals surface area contributed by atoms with Crippen LogP contribution in [-0.2, 0) is 16.1 Å². The largest absolute Gasteiger partial charge is 0.391 e. The molecule has 0 aliphatic carbocycles. The van der Waals surface area contributed by atoms with Gasteiger partial charge in [0.25, 0.3) is 0 Å². The summed E-state index contributed by atoms with van der Waals surface area (Å²) >= 11 is 0. The van der Waals surface area contributed by atoms with E-state index >= 15 is 0 Å². The molecule has 0 saturated carbocycles. The van der Waals surface area contributed by atoms with Crippen molar-refractivity contribution < 1.29 is 14.6 Å². The van der Waals surface area contributed by atoms with Crippen LogP contribution in [0.5, 0.6) is 0 Å². The highest BCUT2D eigenvalue weighted by Gasteiger charge is 2.35. The molecule has 0 unspecified atom stereocenters. The Labute approximate surface area is 207 Å².